The van der Waals surface area contributed by atoms with Gasteiger partial charge in [-0.1, -0.05) is 39.0 Å². The number of aliphatic hydroxyl groups excluding tert-OH is 1. The Morgan fingerprint density at radius 2 is 1.71 bits per heavy atom. The molecule has 82 valence electrons. The van der Waals surface area contributed by atoms with Crippen molar-refractivity contribution in [1.82, 2.24) is 0 Å². The summed E-state index contributed by atoms with van der Waals surface area (Å²) >= 11 is 0. The van der Waals surface area contributed by atoms with Crippen molar-refractivity contribution in [3.05, 3.63) is 0 Å². The Morgan fingerprint density at radius 3 is 2.29 bits per heavy atom. The summed E-state index contributed by atoms with van der Waals surface area (Å²) in [4.78, 5) is 0. The zero-order chi connectivity index (χ0) is 9.94. The molecule has 0 rings (SSSR count). The molecule has 0 bridgehead atoms. The van der Waals surface area contributed by atoms with Crippen LogP contribution in [0, 0.1) is 0 Å². The molecule has 0 saturated carbocycles. The smallest absolute Gasteiger partial charge is 1.00 e. The molecule has 0 radical (unpaired) electrons. The molecule has 0 aromatic heterocycles. The standard InChI is InChI=1S/C11H24O2.Na.H/c1-3-4-5-6-7-8-9-13-10-11(2)12;;/h11-12H,3-10H2,1-2H3;;/q;+1;-1. The van der Waals surface area contributed by atoms with Gasteiger partial charge in [-0.15, -0.1) is 0 Å². The molecule has 0 aliphatic heterocycles. The maximum absolute atomic E-state index is 8.90. The van der Waals surface area contributed by atoms with Crippen LogP contribution in [0.2, 0.25) is 0 Å². The van der Waals surface area contributed by atoms with Gasteiger partial charge in [-0.25, -0.2) is 0 Å². The van der Waals surface area contributed by atoms with Crippen LogP contribution < -0.4 is 29.6 Å². The van der Waals surface area contributed by atoms with Crippen LogP contribution in [-0.2, 0) is 4.74 Å². The first-order valence-corrected chi connectivity index (χ1v) is 5.53. The third-order valence-electron chi connectivity index (χ3n) is 2.00. The molecule has 1 N–H and O–H groups in total. The summed E-state index contributed by atoms with van der Waals surface area (Å²) in [6.07, 6.45) is 7.42. The normalized spacial score (nSPS) is 12.2. The summed E-state index contributed by atoms with van der Waals surface area (Å²) in [6, 6.07) is 0. The summed E-state index contributed by atoms with van der Waals surface area (Å²) in [6.45, 7) is 5.26. The molecule has 3 heteroatoms. The van der Waals surface area contributed by atoms with Gasteiger partial charge in [0.2, 0.25) is 0 Å². The second kappa shape index (κ2) is 13.9. The summed E-state index contributed by atoms with van der Waals surface area (Å²) in [5.41, 5.74) is 0. The summed E-state index contributed by atoms with van der Waals surface area (Å²) in [5, 5.41) is 8.90. The Bertz CT molecular complexity index is 103. The first-order valence-electron chi connectivity index (χ1n) is 5.53. The third-order valence-corrected chi connectivity index (χ3v) is 2.00. The van der Waals surface area contributed by atoms with Gasteiger partial charge in [-0.3, -0.25) is 0 Å². The van der Waals surface area contributed by atoms with E-state index in [0.717, 1.165) is 13.0 Å². The van der Waals surface area contributed by atoms with Crippen molar-refractivity contribution in [2.75, 3.05) is 13.2 Å². The fourth-order valence-corrected chi connectivity index (χ4v) is 1.24. The summed E-state index contributed by atoms with van der Waals surface area (Å²) < 4.78 is 5.25. The molecular weight excluding hydrogens is 187 g/mol. The molecule has 1 unspecified atom stereocenters. The Labute approximate surface area is 112 Å². The van der Waals surface area contributed by atoms with E-state index in [9.17, 15) is 0 Å². The summed E-state index contributed by atoms with van der Waals surface area (Å²) in [7, 11) is 0. The predicted molar refractivity (Wildman–Crippen MR) is 57.0 cm³/mol. The van der Waals surface area contributed by atoms with Crippen LogP contribution in [0.15, 0.2) is 0 Å². The number of rotatable bonds is 9. The minimum absolute atomic E-state index is 0. The predicted octanol–water partition coefficient (Wildman–Crippen LogP) is -0.139. The van der Waals surface area contributed by atoms with Gasteiger partial charge in [0.15, 0.2) is 0 Å². The average molecular weight is 212 g/mol. The van der Waals surface area contributed by atoms with E-state index in [1.54, 1.807) is 6.92 Å². The van der Waals surface area contributed by atoms with Crippen molar-refractivity contribution in [2.45, 2.75) is 58.5 Å². The van der Waals surface area contributed by atoms with Crippen LogP contribution >= 0.6 is 0 Å². The topological polar surface area (TPSA) is 29.5 Å². The third kappa shape index (κ3) is 15.4. The Kier molecular flexibility index (Phi) is 17.2. The summed E-state index contributed by atoms with van der Waals surface area (Å²) in [5.74, 6) is 0. The molecule has 0 aliphatic rings. The second-order valence-corrected chi connectivity index (χ2v) is 3.69. The molecular formula is C11H25NaO2. The molecule has 0 aliphatic carbocycles. The zero-order valence-corrected chi connectivity index (χ0v) is 12.1. The van der Waals surface area contributed by atoms with Gasteiger partial charge < -0.3 is 11.3 Å². The average Bonchev–Trinajstić information content (AvgIpc) is 2.09. The van der Waals surface area contributed by atoms with Crippen molar-refractivity contribution in [2.24, 2.45) is 0 Å². The van der Waals surface area contributed by atoms with E-state index in [0.29, 0.717) is 6.61 Å². The van der Waals surface area contributed by atoms with Crippen molar-refractivity contribution in [3.63, 3.8) is 0 Å². The van der Waals surface area contributed by atoms with Crippen LogP contribution in [0.25, 0.3) is 0 Å². The minimum Gasteiger partial charge on any atom is -1.00 e. The first kappa shape index (κ1) is 17.3. The molecule has 0 spiro atoms. The van der Waals surface area contributed by atoms with E-state index in [-0.39, 0.29) is 37.1 Å². The van der Waals surface area contributed by atoms with Gasteiger partial charge >= 0.3 is 29.6 Å². The van der Waals surface area contributed by atoms with Crippen LogP contribution in [0.3, 0.4) is 0 Å². The number of ether oxygens (including phenoxy) is 1. The van der Waals surface area contributed by atoms with Crippen LogP contribution in [0.4, 0.5) is 0 Å². The molecule has 0 aromatic rings. The Balaban J connectivity index is -0.000000720. The number of hydrogen-bond acceptors (Lipinski definition) is 2. The quantitative estimate of drug-likeness (QED) is 0.426. The number of hydrogen-bond donors (Lipinski definition) is 1. The fraction of sp³-hybridized carbons (Fsp3) is 1.00. The van der Waals surface area contributed by atoms with E-state index < -0.39 is 0 Å². The van der Waals surface area contributed by atoms with Crippen LogP contribution in [0.1, 0.15) is 53.8 Å². The molecule has 1 atom stereocenters. The van der Waals surface area contributed by atoms with Gasteiger partial charge in [0.25, 0.3) is 0 Å². The molecule has 0 amide bonds. The van der Waals surface area contributed by atoms with Gasteiger partial charge in [0, 0.05) is 6.61 Å². The van der Waals surface area contributed by atoms with E-state index in [1.165, 1.54) is 32.1 Å². The van der Waals surface area contributed by atoms with Crippen LogP contribution in [-0.4, -0.2) is 24.4 Å². The SMILES string of the molecule is CCCCCCCCOCC(C)O.[H-].[Na+]. The monoisotopic (exact) mass is 212 g/mol. The van der Waals surface area contributed by atoms with Gasteiger partial charge in [-0.2, -0.15) is 0 Å². The second-order valence-electron chi connectivity index (χ2n) is 3.69. The molecule has 2 nitrogen and oxygen atoms in total. The van der Waals surface area contributed by atoms with Gasteiger partial charge in [0.1, 0.15) is 0 Å². The zero-order valence-electron chi connectivity index (χ0n) is 11.1. The van der Waals surface area contributed by atoms with E-state index in [4.69, 9.17) is 9.84 Å². The Hall–Kier alpha value is 0.920. The van der Waals surface area contributed by atoms with E-state index in [1.807, 2.05) is 0 Å². The maximum Gasteiger partial charge on any atom is 1.00 e. The maximum atomic E-state index is 8.90. The van der Waals surface area contributed by atoms with Crippen molar-refractivity contribution in [1.29, 1.82) is 0 Å². The Morgan fingerprint density at radius 1 is 1.14 bits per heavy atom. The molecule has 14 heavy (non-hydrogen) atoms. The largest absolute Gasteiger partial charge is 1.00 e. The first-order chi connectivity index (χ1) is 6.27. The number of unbranched alkanes of at least 4 members (excludes halogenated alkanes) is 5. The van der Waals surface area contributed by atoms with E-state index >= 15 is 0 Å². The molecule has 0 aromatic carbocycles. The molecule has 0 fully saturated rings. The van der Waals surface area contributed by atoms with Crippen molar-refractivity contribution >= 4 is 0 Å². The van der Waals surface area contributed by atoms with Crippen molar-refractivity contribution < 1.29 is 40.8 Å². The molecule has 0 heterocycles. The van der Waals surface area contributed by atoms with Gasteiger partial charge in [-0.05, 0) is 13.3 Å². The van der Waals surface area contributed by atoms with E-state index in [2.05, 4.69) is 6.92 Å². The fourth-order valence-electron chi connectivity index (χ4n) is 1.24. The molecule has 0 saturated heterocycles. The minimum atomic E-state index is -0.319. The van der Waals surface area contributed by atoms with Gasteiger partial charge in [0.05, 0.1) is 12.7 Å². The van der Waals surface area contributed by atoms with Crippen molar-refractivity contribution in [3.8, 4) is 0 Å². The number of aliphatic hydroxyl groups is 1. The van der Waals surface area contributed by atoms with Crippen LogP contribution in [0.5, 0.6) is 0 Å².